The topological polar surface area (TPSA) is 29.9 Å². The van der Waals surface area contributed by atoms with Gasteiger partial charge in [-0.25, -0.2) is 0 Å². The quantitative estimate of drug-likeness (QED) is 0.907. The van der Waals surface area contributed by atoms with E-state index < -0.39 is 0 Å². The maximum atomic E-state index is 4.47. The van der Waals surface area contributed by atoms with Crippen molar-refractivity contribution in [2.45, 2.75) is 76.8 Å². The summed E-state index contributed by atoms with van der Waals surface area (Å²) in [5, 5.41) is 8.46. The van der Waals surface area contributed by atoms with Gasteiger partial charge in [0.1, 0.15) is 0 Å². The molecule has 0 bridgehead atoms. The number of hydrogen-bond donors (Lipinski definition) is 1. The highest BCUT2D eigenvalue weighted by atomic mass is 15.3. The van der Waals surface area contributed by atoms with E-state index in [1.165, 1.54) is 69.0 Å². The number of aryl methyl sites for hydroxylation is 1. The van der Waals surface area contributed by atoms with Gasteiger partial charge in [0.2, 0.25) is 0 Å². The first-order valence-electron chi connectivity index (χ1n) is 8.56. The van der Waals surface area contributed by atoms with E-state index in [1.54, 1.807) is 0 Å². The highest BCUT2D eigenvalue weighted by Crippen LogP contribution is 2.33. The van der Waals surface area contributed by atoms with Crippen LogP contribution in [-0.4, -0.2) is 15.8 Å². The average molecular weight is 275 g/mol. The first kappa shape index (κ1) is 14.1. The molecule has 2 unspecified atom stereocenters. The Balaban J connectivity index is 1.70. The summed E-state index contributed by atoms with van der Waals surface area (Å²) in [6, 6.07) is 1.24. The van der Waals surface area contributed by atoms with Crippen LogP contribution >= 0.6 is 0 Å². The van der Waals surface area contributed by atoms with Crippen molar-refractivity contribution in [3.63, 3.8) is 0 Å². The molecule has 2 aliphatic carbocycles. The molecule has 1 aromatic rings. The summed E-state index contributed by atoms with van der Waals surface area (Å²) in [6.45, 7) is 2.35. The van der Waals surface area contributed by atoms with Crippen molar-refractivity contribution in [3.8, 4) is 0 Å². The highest BCUT2D eigenvalue weighted by molar-refractivity contribution is 5.24. The van der Waals surface area contributed by atoms with Gasteiger partial charge in [0.05, 0.1) is 6.20 Å². The van der Waals surface area contributed by atoms with E-state index >= 15 is 0 Å². The fourth-order valence-electron chi connectivity index (χ4n) is 4.26. The monoisotopic (exact) mass is 275 g/mol. The molecule has 0 saturated heterocycles. The lowest BCUT2D eigenvalue weighted by molar-refractivity contribution is 0.238. The van der Waals surface area contributed by atoms with Crippen LogP contribution in [0.1, 0.15) is 75.6 Å². The summed E-state index contributed by atoms with van der Waals surface area (Å²) in [4.78, 5) is 0. The van der Waals surface area contributed by atoms with Crippen LogP contribution in [0.2, 0.25) is 0 Å². The zero-order valence-corrected chi connectivity index (χ0v) is 13.1. The lowest BCUT2D eigenvalue weighted by Crippen LogP contribution is -2.40. The van der Waals surface area contributed by atoms with E-state index in [0.29, 0.717) is 12.1 Å². The summed E-state index contributed by atoms with van der Waals surface area (Å²) in [5.74, 6) is 0.899. The molecule has 112 valence electrons. The Morgan fingerprint density at radius 2 is 2.05 bits per heavy atom. The predicted molar refractivity (Wildman–Crippen MR) is 82.7 cm³/mol. The molecule has 0 aromatic carbocycles. The normalized spacial score (nSPS) is 25.4. The molecule has 1 aromatic heterocycles. The van der Waals surface area contributed by atoms with Crippen LogP contribution in [-0.2, 0) is 13.5 Å². The standard InChI is InChI=1S/C17H29N3/c1-3-15(13-8-5-4-6-9-13)19-16-10-7-11-17-14(16)12-18-20(17)2/h12-13,15-16,19H,3-11H2,1-2H3. The van der Waals surface area contributed by atoms with Crippen LogP contribution in [0.5, 0.6) is 0 Å². The van der Waals surface area contributed by atoms with E-state index in [2.05, 4.69) is 35.3 Å². The molecule has 2 atom stereocenters. The minimum atomic E-state index is 0.541. The van der Waals surface area contributed by atoms with Crippen LogP contribution in [0.3, 0.4) is 0 Å². The lowest BCUT2D eigenvalue weighted by Gasteiger charge is -2.35. The van der Waals surface area contributed by atoms with Crippen molar-refractivity contribution < 1.29 is 0 Å². The number of nitrogens with zero attached hydrogens (tertiary/aromatic N) is 2. The zero-order valence-electron chi connectivity index (χ0n) is 13.1. The van der Waals surface area contributed by atoms with Crippen molar-refractivity contribution in [1.82, 2.24) is 15.1 Å². The Hall–Kier alpha value is -0.830. The molecule has 3 nitrogen and oxygen atoms in total. The van der Waals surface area contributed by atoms with Gasteiger partial charge in [0.15, 0.2) is 0 Å². The van der Waals surface area contributed by atoms with E-state index in [4.69, 9.17) is 0 Å². The van der Waals surface area contributed by atoms with E-state index in [9.17, 15) is 0 Å². The summed E-state index contributed by atoms with van der Waals surface area (Å²) in [7, 11) is 2.08. The second kappa shape index (κ2) is 6.30. The summed E-state index contributed by atoms with van der Waals surface area (Å²) >= 11 is 0. The molecule has 20 heavy (non-hydrogen) atoms. The second-order valence-corrected chi connectivity index (χ2v) is 6.69. The minimum Gasteiger partial charge on any atom is -0.307 e. The molecule has 0 amide bonds. The van der Waals surface area contributed by atoms with Gasteiger partial charge in [-0.2, -0.15) is 5.10 Å². The number of fused-ring (bicyclic) bond motifs is 1. The molecular weight excluding hydrogens is 246 g/mol. The molecule has 3 rings (SSSR count). The predicted octanol–water partition coefficient (Wildman–Crippen LogP) is 3.75. The molecular formula is C17H29N3. The molecule has 1 fully saturated rings. The Morgan fingerprint density at radius 3 is 2.80 bits per heavy atom. The fraction of sp³-hybridized carbons (Fsp3) is 0.824. The minimum absolute atomic E-state index is 0.541. The van der Waals surface area contributed by atoms with Crippen LogP contribution in [0, 0.1) is 5.92 Å². The smallest absolute Gasteiger partial charge is 0.0540 e. The third-order valence-corrected chi connectivity index (χ3v) is 5.45. The second-order valence-electron chi connectivity index (χ2n) is 6.69. The van der Waals surface area contributed by atoms with Crippen LogP contribution in [0.25, 0.3) is 0 Å². The Bertz CT molecular complexity index is 431. The van der Waals surface area contributed by atoms with Crippen molar-refractivity contribution >= 4 is 0 Å². The van der Waals surface area contributed by atoms with Gasteiger partial charge in [-0.3, -0.25) is 4.68 Å². The largest absolute Gasteiger partial charge is 0.307 e. The third kappa shape index (κ3) is 2.78. The first-order valence-corrected chi connectivity index (χ1v) is 8.56. The first-order chi connectivity index (χ1) is 9.79. The molecule has 2 aliphatic rings. The van der Waals surface area contributed by atoms with Gasteiger partial charge in [-0.1, -0.05) is 26.2 Å². The Kier molecular flexibility index (Phi) is 4.45. The molecule has 1 N–H and O–H groups in total. The number of rotatable bonds is 4. The molecule has 0 radical (unpaired) electrons. The lowest BCUT2D eigenvalue weighted by atomic mass is 9.81. The average Bonchev–Trinajstić information content (AvgIpc) is 2.88. The van der Waals surface area contributed by atoms with E-state index in [-0.39, 0.29) is 0 Å². The van der Waals surface area contributed by atoms with Crippen LogP contribution in [0.15, 0.2) is 6.20 Å². The highest BCUT2D eigenvalue weighted by Gasteiger charge is 2.28. The summed E-state index contributed by atoms with van der Waals surface area (Å²) in [6.07, 6.45) is 14.3. The van der Waals surface area contributed by atoms with Crippen LogP contribution in [0.4, 0.5) is 0 Å². The van der Waals surface area contributed by atoms with Gasteiger partial charge < -0.3 is 5.32 Å². The van der Waals surface area contributed by atoms with Gasteiger partial charge in [0.25, 0.3) is 0 Å². The van der Waals surface area contributed by atoms with Crippen molar-refractivity contribution in [2.24, 2.45) is 13.0 Å². The molecule has 1 heterocycles. The summed E-state index contributed by atoms with van der Waals surface area (Å²) < 4.78 is 2.07. The maximum absolute atomic E-state index is 4.47. The number of nitrogens with one attached hydrogen (secondary N) is 1. The van der Waals surface area contributed by atoms with Gasteiger partial charge in [-0.05, 0) is 44.4 Å². The Labute approximate surface area is 123 Å². The van der Waals surface area contributed by atoms with Crippen molar-refractivity contribution in [1.29, 1.82) is 0 Å². The van der Waals surface area contributed by atoms with Gasteiger partial charge in [0, 0.05) is 30.4 Å². The summed E-state index contributed by atoms with van der Waals surface area (Å²) in [5.41, 5.74) is 2.92. The van der Waals surface area contributed by atoms with Gasteiger partial charge in [-0.15, -0.1) is 0 Å². The molecule has 0 spiro atoms. The zero-order chi connectivity index (χ0) is 13.9. The number of hydrogen-bond acceptors (Lipinski definition) is 2. The van der Waals surface area contributed by atoms with E-state index in [0.717, 1.165) is 5.92 Å². The molecule has 0 aliphatic heterocycles. The number of aromatic nitrogens is 2. The van der Waals surface area contributed by atoms with Crippen molar-refractivity contribution in [3.05, 3.63) is 17.5 Å². The fourth-order valence-corrected chi connectivity index (χ4v) is 4.26. The Morgan fingerprint density at radius 1 is 1.25 bits per heavy atom. The van der Waals surface area contributed by atoms with Crippen molar-refractivity contribution in [2.75, 3.05) is 0 Å². The molecule has 1 saturated carbocycles. The van der Waals surface area contributed by atoms with Gasteiger partial charge >= 0.3 is 0 Å². The molecule has 3 heteroatoms. The third-order valence-electron chi connectivity index (χ3n) is 5.45. The van der Waals surface area contributed by atoms with E-state index in [1.807, 2.05) is 0 Å². The SMILES string of the molecule is CCC(NC1CCCc2c1cnn2C)C1CCCCC1. The maximum Gasteiger partial charge on any atom is 0.0540 e. The van der Waals surface area contributed by atoms with Crippen LogP contribution < -0.4 is 5.32 Å².